The van der Waals surface area contributed by atoms with Crippen LogP contribution in [0.5, 0.6) is 0 Å². The summed E-state index contributed by atoms with van der Waals surface area (Å²) in [4.78, 5) is 2.23. The van der Waals surface area contributed by atoms with Gasteiger partial charge in [-0.05, 0) is 37.4 Å². The molecule has 1 rings (SSSR count). The molecule has 96 valence electrons. The summed E-state index contributed by atoms with van der Waals surface area (Å²) in [5, 5.41) is 0. The second kappa shape index (κ2) is 6.99. The summed E-state index contributed by atoms with van der Waals surface area (Å²) >= 11 is 1.82. The molecule has 0 aliphatic rings. The first-order valence-electron chi connectivity index (χ1n) is 5.75. The van der Waals surface area contributed by atoms with Crippen molar-refractivity contribution in [2.24, 2.45) is 5.73 Å². The monoisotopic (exact) mass is 256 g/mol. The highest BCUT2D eigenvalue weighted by Gasteiger charge is 2.15. The molecule has 0 fully saturated rings. The van der Waals surface area contributed by atoms with Gasteiger partial charge in [0, 0.05) is 24.9 Å². The number of nitrogens with two attached hydrogens (primary N) is 1. The summed E-state index contributed by atoms with van der Waals surface area (Å²) in [5.74, 6) is 0.920. The summed E-state index contributed by atoms with van der Waals surface area (Å²) in [7, 11) is 2.06. The summed E-state index contributed by atoms with van der Waals surface area (Å²) in [6, 6.07) is 5.41. The zero-order valence-corrected chi connectivity index (χ0v) is 11.6. The van der Waals surface area contributed by atoms with E-state index in [2.05, 4.69) is 18.2 Å². The molecule has 0 radical (unpaired) electrons. The minimum absolute atomic E-state index is 0.156. The minimum Gasteiger partial charge on any atom is -0.329 e. The third-order valence-electron chi connectivity index (χ3n) is 2.97. The zero-order chi connectivity index (χ0) is 12.8. The Morgan fingerprint density at radius 1 is 1.47 bits per heavy atom. The topological polar surface area (TPSA) is 29.3 Å². The molecule has 0 saturated carbocycles. The molecule has 1 aromatic rings. The molecule has 2 nitrogen and oxygen atoms in total. The van der Waals surface area contributed by atoms with Gasteiger partial charge >= 0.3 is 0 Å². The lowest BCUT2D eigenvalue weighted by molar-refractivity contribution is 0.265. The number of rotatable bonds is 6. The largest absolute Gasteiger partial charge is 0.329 e. The fraction of sp³-hybridized carbons (Fsp3) is 0.538. The third kappa shape index (κ3) is 3.98. The molecule has 0 aliphatic carbocycles. The number of nitrogens with zero attached hydrogens (tertiary/aromatic N) is 1. The van der Waals surface area contributed by atoms with Gasteiger partial charge in [-0.25, -0.2) is 4.39 Å². The van der Waals surface area contributed by atoms with Gasteiger partial charge in [-0.15, -0.1) is 0 Å². The van der Waals surface area contributed by atoms with Crippen molar-refractivity contribution in [1.29, 1.82) is 0 Å². The number of thioether (sulfide) groups is 1. The predicted octanol–water partition coefficient (Wildman–Crippen LogP) is 2.43. The van der Waals surface area contributed by atoms with E-state index < -0.39 is 0 Å². The van der Waals surface area contributed by atoms with E-state index in [0.29, 0.717) is 12.1 Å². The first kappa shape index (κ1) is 14.5. The van der Waals surface area contributed by atoms with Crippen molar-refractivity contribution in [3.63, 3.8) is 0 Å². The van der Waals surface area contributed by atoms with Crippen LogP contribution in [0.2, 0.25) is 0 Å². The highest BCUT2D eigenvalue weighted by molar-refractivity contribution is 7.98. The van der Waals surface area contributed by atoms with Crippen molar-refractivity contribution in [2.45, 2.75) is 13.0 Å². The normalized spacial score (nSPS) is 13.1. The Labute approximate surface area is 107 Å². The van der Waals surface area contributed by atoms with Crippen molar-refractivity contribution in [1.82, 2.24) is 4.90 Å². The van der Waals surface area contributed by atoms with Crippen molar-refractivity contribution >= 4 is 11.8 Å². The highest BCUT2D eigenvalue weighted by atomic mass is 32.2. The van der Waals surface area contributed by atoms with Crippen LogP contribution in [-0.2, 0) is 0 Å². The van der Waals surface area contributed by atoms with E-state index in [0.717, 1.165) is 17.9 Å². The highest BCUT2D eigenvalue weighted by Crippen LogP contribution is 2.20. The standard InChI is InChI=1S/C13H21FN2S/c1-10-8-11(4-5-12(10)14)13(9-15)16(2)6-7-17-3/h4-5,8,13H,6-7,9,15H2,1-3H3. The molecule has 1 unspecified atom stereocenters. The number of aryl methyl sites for hydroxylation is 1. The van der Waals surface area contributed by atoms with Crippen LogP contribution in [0.15, 0.2) is 18.2 Å². The lowest BCUT2D eigenvalue weighted by Crippen LogP contribution is -2.32. The summed E-state index contributed by atoms with van der Waals surface area (Å²) < 4.78 is 13.2. The molecule has 0 aromatic heterocycles. The third-order valence-corrected chi connectivity index (χ3v) is 3.56. The van der Waals surface area contributed by atoms with Gasteiger partial charge in [0.2, 0.25) is 0 Å². The van der Waals surface area contributed by atoms with Gasteiger partial charge in [-0.1, -0.05) is 12.1 Å². The van der Waals surface area contributed by atoms with Gasteiger partial charge < -0.3 is 5.73 Å². The van der Waals surface area contributed by atoms with Gasteiger partial charge in [0.25, 0.3) is 0 Å². The van der Waals surface area contributed by atoms with Gasteiger partial charge in [-0.3, -0.25) is 4.90 Å². The van der Waals surface area contributed by atoms with Crippen LogP contribution < -0.4 is 5.73 Å². The van der Waals surface area contributed by atoms with Gasteiger partial charge in [0.1, 0.15) is 5.82 Å². The van der Waals surface area contributed by atoms with Gasteiger partial charge in [-0.2, -0.15) is 11.8 Å². The molecule has 0 heterocycles. The van der Waals surface area contributed by atoms with Crippen molar-refractivity contribution in [3.05, 3.63) is 35.1 Å². The van der Waals surface area contributed by atoms with E-state index in [1.165, 1.54) is 6.07 Å². The van der Waals surface area contributed by atoms with E-state index in [9.17, 15) is 4.39 Å². The minimum atomic E-state index is -0.156. The van der Waals surface area contributed by atoms with Crippen LogP contribution in [0.1, 0.15) is 17.2 Å². The number of hydrogen-bond acceptors (Lipinski definition) is 3. The fourth-order valence-electron chi connectivity index (χ4n) is 1.84. The molecule has 17 heavy (non-hydrogen) atoms. The zero-order valence-electron chi connectivity index (χ0n) is 10.7. The summed E-state index contributed by atoms with van der Waals surface area (Å²) in [5.41, 5.74) is 7.60. The Morgan fingerprint density at radius 3 is 2.71 bits per heavy atom. The number of hydrogen-bond donors (Lipinski definition) is 1. The Morgan fingerprint density at radius 2 is 2.18 bits per heavy atom. The maximum atomic E-state index is 13.2. The maximum absolute atomic E-state index is 13.2. The molecule has 1 aromatic carbocycles. The molecule has 0 saturated heterocycles. The van der Waals surface area contributed by atoms with E-state index in [1.54, 1.807) is 6.92 Å². The van der Waals surface area contributed by atoms with E-state index >= 15 is 0 Å². The lowest BCUT2D eigenvalue weighted by Gasteiger charge is -2.27. The lowest BCUT2D eigenvalue weighted by atomic mass is 10.0. The fourth-order valence-corrected chi connectivity index (χ4v) is 2.31. The van der Waals surface area contributed by atoms with Crippen LogP contribution in [-0.4, -0.2) is 37.0 Å². The average molecular weight is 256 g/mol. The maximum Gasteiger partial charge on any atom is 0.126 e. The quantitative estimate of drug-likeness (QED) is 0.847. The Hall–Kier alpha value is -0.580. The van der Waals surface area contributed by atoms with Crippen LogP contribution >= 0.6 is 11.8 Å². The van der Waals surface area contributed by atoms with Gasteiger partial charge in [0.05, 0.1) is 0 Å². The molecule has 0 aliphatic heterocycles. The Kier molecular flexibility index (Phi) is 5.95. The molecule has 0 amide bonds. The van der Waals surface area contributed by atoms with E-state index in [-0.39, 0.29) is 11.9 Å². The van der Waals surface area contributed by atoms with Crippen molar-refractivity contribution in [3.8, 4) is 0 Å². The molecule has 0 bridgehead atoms. The first-order valence-corrected chi connectivity index (χ1v) is 7.14. The molecular weight excluding hydrogens is 235 g/mol. The van der Waals surface area contributed by atoms with Crippen molar-refractivity contribution in [2.75, 3.05) is 32.1 Å². The Balaban J connectivity index is 2.81. The number of benzene rings is 1. The second-order valence-electron chi connectivity index (χ2n) is 4.23. The van der Waals surface area contributed by atoms with E-state index in [1.807, 2.05) is 23.9 Å². The molecule has 0 spiro atoms. The van der Waals surface area contributed by atoms with Gasteiger partial charge in [0.15, 0.2) is 0 Å². The predicted molar refractivity (Wildman–Crippen MR) is 73.9 cm³/mol. The molecule has 1 atom stereocenters. The van der Waals surface area contributed by atoms with Crippen LogP contribution in [0, 0.1) is 12.7 Å². The number of likely N-dealkylation sites (N-methyl/N-ethyl adjacent to an activating group) is 1. The first-order chi connectivity index (χ1) is 8.10. The molecule has 4 heteroatoms. The van der Waals surface area contributed by atoms with Crippen LogP contribution in [0.25, 0.3) is 0 Å². The summed E-state index contributed by atoms with van der Waals surface area (Å²) in [6.07, 6.45) is 2.09. The Bertz CT molecular complexity index is 357. The average Bonchev–Trinajstić information content (AvgIpc) is 2.32. The van der Waals surface area contributed by atoms with E-state index in [4.69, 9.17) is 5.73 Å². The molecule has 2 N–H and O–H groups in total. The SMILES string of the molecule is CSCCN(C)C(CN)c1ccc(F)c(C)c1. The molecular formula is C13H21FN2S. The van der Waals surface area contributed by atoms with Crippen molar-refractivity contribution < 1.29 is 4.39 Å². The van der Waals surface area contributed by atoms with Crippen LogP contribution in [0.4, 0.5) is 4.39 Å². The smallest absolute Gasteiger partial charge is 0.126 e. The summed E-state index contributed by atoms with van der Waals surface area (Å²) in [6.45, 7) is 3.32. The second-order valence-corrected chi connectivity index (χ2v) is 5.22. The van der Waals surface area contributed by atoms with Crippen LogP contribution in [0.3, 0.4) is 0 Å². The number of halogens is 1.